The highest BCUT2D eigenvalue weighted by atomic mass is 16.5. The molecule has 0 atom stereocenters. The third-order valence-electron chi connectivity index (χ3n) is 5.35. The van der Waals surface area contributed by atoms with E-state index in [2.05, 4.69) is 35.3 Å². The lowest BCUT2D eigenvalue weighted by Crippen LogP contribution is -3.11. The fraction of sp³-hybridized carbons (Fsp3) is 0.381. The Morgan fingerprint density at radius 3 is 2.38 bits per heavy atom. The maximum atomic E-state index is 5.39. The van der Waals surface area contributed by atoms with Crippen molar-refractivity contribution in [3.63, 3.8) is 0 Å². The number of benzene rings is 2. The molecule has 0 amide bonds. The molecular formula is C21H26N3O2+. The lowest BCUT2D eigenvalue weighted by Gasteiger charge is -2.28. The molecule has 136 valence electrons. The highest BCUT2D eigenvalue weighted by Gasteiger charge is 2.25. The quantitative estimate of drug-likeness (QED) is 0.742. The van der Waals surface area contributed by atoms with Crippen molar-refractivity contribution in [1.82, 2.24) is 9.97 Å². The van der Waals surface area contributed by atoms with E-state index in [1.807, 2.05) is 12.1 Å². The summed E-state index contributed by atoms with van der Waals surface area (Å²) >= 11 is 0. The molecule has 0 aliphatic carbocycles. The molecule has 2 aromatic carbocycles. The van der Waals surface area contributed by atoms with Crippen LogP contribution in [0.25, 0.3) is 11.0 Å². The Morgan fingerprint density at radius 1 is 1.04 bits per heavy atom. The molecule has 1 saturated heterocycles. The predicted molar refractivity (Wildman–Crippen MR) is 102 cm³/mol. The molecule has 0 saturated carbocycles. The van der Waals surface area contributed by atoms with E-state index < -0.39 is 0 Å². The number of nitrogens with one attached hydrogen (secondary N) is 2. The Bertz CT molecular complexity index is 827. The summed E-state index contributed by atoms with van der Waals surface area (Å²) in [7, 11) is 3.40. The number of hydrogen-bond donors (Lipinski definition) is 2. The minimum atomic E-state index is 0.533. The van der Waals surface area contributed by atoms with Gasteiger partial charge in [-0.1, -0.05) is 12.1 Å². The predicted octanol–water partition coefficient (Wildman–Crippen LogP) is 2.54. The number of H-pyrrole nitrogens is 1. The third kappa shape index (κ3) is 3.53. The molecule has 1 aliphatic heterocycles. The number of fused-ring (bicyclic) bond motifs is 1. The van der Waals surface area contributed by atoms with Gasteiger partial charge < -0.3 is 19.4 Å². The summed E-state index contributed by atoms with van der Waals surface area (Å²) in [5, 5.41) is 0. The third-order valence-corrected chi connectivity index (χ3v) is 5.35. The van der Waals surface area contributed by atoms with Gasteiger partial charge in [-0.15, -0.1) is 0 Å². The van der Waals surface area contributed by atoms with Gasteiger partial charge in [0.05, 0.1) is 38.3 Å². The molecule has 2 N–H and O–H groups in total. The first-order valence-electron chi connectivity index (χ1n) is 9.25. The van der Waals surface area contributed by atoms with Crippen molar-refractivity contribution in [2.75, 3.05) is 27.3 Å². The molecule has 5 heteroatoms. The van der Waals surface area contributed by atoms with E-state index in [1.165, 1.54) is 5.56 Å². The van der Waals surface area contributed by atoms with Crippen LogP contribution in [0.15, 0.2) is 42.5 Å². The van der Waals surface area contributed by atoms with Gasteiger partial charge in [0.25, 0.3) is 0 Å². The van der Waals surface area contributed by atoms with Gasteiger partial charge in [0.15, 0.2) is 0 Å². The average molecular weight is 352 g/mol. The van der Waals surface area contributed by atoms with Crippen molar-refractivity contribution >= 4 is 11.0 Å². The summed E-state index contributed by atoms with van der Waals surface area (Å²) in [5.41, 5.74) is 3.47. The minimum absolute atomic E-state index is 0.533. The molecule has 4 rings (SSSR count). The van der Waals surface area contributed by atoms with E-state index >= 15 is 0 Å². The Kier molecular flexibility index (Phi) is 4.80. The highest BCUT2D eigenvalue weighted by Crippen LogP contribution is 2.25. The van der Waals surface area contributed by atoms with E-state index in [0.717, 1.165) is 60.8 Å². The maximum Gasteiger partial charge on any atom is 0.123 e. The van der Waals surface area contributed by atoms with Crippen molar-refractivity contribution in [3.8, 4) is 11.5 Å². The first kappa shape index (κ1) is 16.9. The first-order chi connectivity index (χ1) is 12.7. The monoisotopic (exact) mass is 352 g/mol. The molecule has 1 aliphatic rings. The number of hydrogen-bond acceptors (Lipinski definition) is 3. The largest absolute Gasteiger partial charge is 0.497 e. The number of likely N-dealkylation sites (tertiary alicyclic amines) is 1. The van der Waals surface area contributed by atoms with Crippen LogP contribution in [0.1, 0.15) is 30.1 Å². The van der Waals surface area contributed by atoms with Crippen molar-refractivity contribution in [3.05, 3.63) is 53.9 Å². The van der Waals surface area contributed by atoms with Crippen molar-refractivity contribution in [2.24, 2.45) is 0 Å². The van der Waals surface area contributed by atoms with E-state index in [0.29, 0.717) is 5.92 Å². The summed E-state index contributed by atoms with van der Waals surface area (Å²) in [6.45, 7) is 3.31. The van der Waals surface area contributed by atoms with Gasteiger partial charge >= 0.3 is 0 Å². The van der Waals surface area contributed by atoms with Gasteiger partial charge in [0.1, 0.15) is 23.9 Å². The number of rotatable bonds is 5. The maximum absolute atomic E-state index is 5.39. The van der Waals surface area contributed by atoms with Gasteiger partial charge in [0.2, 0.25) is 0 Å². The summed E-state index contributed by atoms with van der Waals surface area (Å²) in [4.78, 5) is 9.90. The second-order valence-corrected chi connectivity index (χ2v) is 7.06. The summed E-state index contributed by atoms with van der Waals surface area (Å²) < 4.78 is 10.8. The average Bonchev–Trinajstić information content (AvgIpc) is 3.12. The van der Waals surface area contributed by atoms with Gasteiger partial charge in [-0.05, 0) is 24.3 Å². The smallest absolute Gasteiger partial charge is 0.123 e. The molecule has 2 heterocycles. The zero-order valence-electron chi connectivity index (χ0n) is 15.4. The van der Waals surface area contributed by atoms with Gasteiger partial charge in [-0.25, -0.2) is 4.98 Å². The van der Waals surface area contributed by atoms with Gasteiger partial charge in [-0.3, -0.25) is 0 Å². The van der Waals surface area contributed by atoms with Crippen molar-refractivity contribution in [2.45, 2.75) is 25.3 Å². The van der Waals surface area contributed by atoms with Crippen LogP contribution in [0.5, 0.6) is 11.5 Å². The Balaban J connectivity index is 1.40. The minimum Gasteiger partial charge on any atom is -0.497 e. The molecule has 0 bridgehead atoms. The number of aromatic amines is 1. The number of methoxy groups -OCH3 is 2. The number of aromatic nitrogens is 2. The number of para-hydroxylation sites is 2. The lowest BCUT2D eigenvalue weighted by molar-refractivity contribution is -0.919. The lowest BCUT2D eigenvalue weighted by atomic mass is 9.96. The summed E-state index contributed by atoms with van der Waals surface area (Å²) in [6.07, 6.45) is 2.33. The van der Waals surface area contributed by atoms with Crippen molar-refractivity contribution < 1.29 is 14.4 Å². The van der Waals surface area contributed by atoms with Crippen LogP contribution in [-0.2, 0) is 6.54 Å². The van der Waals surface area contributed by atoms with Crippen LogP contribution >= 0.6 is 0 Å². The fourth-order valence-electron chi connectivity index (χ4n) is 3.90. The molecule has 1 fully saturated rings. The first-order valence-corrected chi connectivity index (χ1v) is 9.25. The van der Waals surface area contributed by atoms with E-state index in [-0.39, 0.29) is 0 Å². The Morgan fingerprint density at radius 2 is 1.73 bits per heavy atom. The molecule has 0 spiro atoms. The van der Waals surface area contributed by atoms with E-state index in [9.17, 15) is 0 Å². The van der Waals surface area contributed by atoms with Crippen LogP contribution in [0.4, 0.5) is 0 Å². The number of imidazole rings is 1. The standard InChI is InChI=1S/C21H25N3O2/c1-25-17-11-15(12-18(13-17)26-2)14-24-9-7-16(8-10-24)21-22-19-5-3-4-6-20(19)23-21/h3-6,11-13,16H,7-10,14H2,1-2H3,(H,22,23)/p+1. The highest BCUT2D eigenvalue weighted by molar-refractivity contribution is 5.74. The number of piperidine rings is 1. The molecule has 5 nitrogen and oxygen atoms in total. The Labute approximate surface area is 153 Å². The van der Waals surface area contributed by atoms with Gasteiger partial charge in [0, 0.05) is 30.4 Å². The van der Waals surface area contributed by atoms with Crippen molar-refractivity contribution in [1.29, 1.82) is 0 Å². The second-order valence-electron chi connectivity index (χ2n) is 7.06. The number of quaternary nitrogens is 1. The molecule has 26 heavy (non-hydrogen) atoms. The van der Waals surface area contributed by atoms with Gasteiger partial charge in [-0.2, -0.15) is 0 Å². The fourth-order valence-corrected chi connectivity index (χ4v) is 3.90. The summed E-state index contributed by atoms with van der Waals surface area (Å²) in [6, 6.07) is 14.4. The van der Waals surface area contributed by atoms with E-state index in [4.69, 9.17) is 14.5 Å². The zero-order chi connectivity index (χ0) is 17.9. The Hall–Kier alpha value is -2.53. The van der Waals surface area contributed by atoms with Crippen LogP contribution in [0, 0.1) is 0 Å². The van der Waals surface area contributed by atoms with Crippen LogP contribution in [0.3, 0.4) is 0 Å². The zero-order valence-corrected chi connectivity index (χ0v) is 15.4. The summed E-state index contributed by atoms with van der Waals surface area (Å²) in [5.74, 6) is 3.39. The SMILES string of the molecule is COc1cc(C[NH+]2CCC(c3nc4ccccc4[nH]3)CC2)cc(OC)c1. The molecule has 0 unspecified atom stereocenters. The number of ether oxygens (including phenoxy) is 2. The van der Waals surface area contributed by atoms with E-state index in [1.54, 1.807) is 19.1 Å². The topological polar surface area (TPSA) is 51.6 Å². The van der Waals surface area contributed by atoms with Crippen LogP contribution in [0.2, 0.25) is 0 Å². The molecule has 3 aromatic rings. The second kappa shape index (κ2) is 7.38. The molecule has 1 aromatic heterocycles. The normalized spacial score (nSPS) is 20.2. The van der Waals surface area contributed by atoms with Crippen LogP contribution < -0.4 is 14.4 Å². The van der Waals surface area contributed by atoms with Crippen LogP contribution in [-0.4, -0.2) is 37.3 Å². The molecular weight excluding hydrogens is 326 g/mol. The number of nitrogens with zero attached hydrogens (tertiary/aromatic N) is 1. The molecule has 0 radical (unpaired) electrons.